The highest BCUT2D eigenvalue weighted by Crippen LogP contribution is 2.34. The number of aryl methyl sites for hydroxylation is 2. The summed E-state index contributed by atoms with van der Waals surface area (Å²) in [4.78, 5) is 13.0. The first kappa shape index (κ1) is 19.7. The molecule has 0 amide bonds. The predicted molar refractivity (Wildman–Crippen MR) is 98.2 cm³/mol. The summed E-state index contributed by atoms with van der Waals surface area (Å²) in [6.45, 7) is 16.9. The van der Waals surface area contributed by atoms with Gasteiger partial charge in [0.1, 0.15) is 11.5 Å². The van der Waals surface area contributed by atoms with E-state index in [4.69, 9.17) is 4.74 Å². The largest absolute Gasteiger partial charge is 0.497 e. The molecule has 1 atom stereocenters. The van der Waals surface area contributed by atoms with Gasteiger partial charge in [0.15, 0.2) is 0 Å². The monoisotopic (exact) mass is 318 g/mol. The highest BCUT2D eigenvalue weighted by Gasteiger charge is 2.33. The van der Waals surface area contributed by atoms with Gasteiger partial charge in [0.25, 0.3) is 0 Å². The molecule has 0 saturated carbocycles. The molecule has 0 bridgehead atoms. The van der Waals surface area contributed by atoms with Gasteiger partial charge < -0.3 is 4.74 Å². The second-order valence-electron chi connectivity index (χ2n) is 9.02. The van der Waals surface area contributed by atoms with E-state index in [1.54, 1.807) is 7.11 Å². The van der Waals surface area contributed by atoms with E-state index in [9.17, 15) is 4.79 Å². The molecular weight excluding hydrogens is 284 g/mol. The van der Waals surface area contributed by atoms with Gasteiger partial charge in [-0.15, -0.1) is 0 Å². The molecule has 23 heavy (non-hydrogen) atoms. The van der Waals surface area contributed by atoms with Gasteiger partial charge in [-0.3, -0.25) is 4.79 Å². The zero-order chi connectivity index (χ0) is 18.0. The average molecular weight is 319 g/mol. The highest BCUT2D eigenvalue weighted by atomic mass is 16.5. The number of ether oxygens (including phenoxy) is 1. The van der Waals surface area contributed by atoms with Crippen molar-refractivity contribution in [3.05, 3.63) is 28.8 Å². The summed E-state index contributed by atoms with van der Waals surface area (Å²) in [5.74, 6) is 1.31. The number of Topliss-reactive ketones (excluding diaryl/α,β-unsaturated/α-hetero) is 1. The highest BCUT2D eigenvalue weighted by molar-refractivity contribution is 5.86. The lowest BCUT2D eigenvalue weighted by Gasteiger charge is -2.31. The predicted octanol–water partition coefficient (Wildman–Crippen LogP) is 5.52. The second kappa shape index (κ2) is 7.07. The second-order valence-corrected chi connectivity index (χ2v) is 9.02. The molecule has 0 aliphatic rings. The number of rotatable bonds is 5. The molecule has 0 radical (unpaired) electrons. The molecular formula is C21H34O2. The Morgan fingerprint density at radius 2 is 1.52 bits per heavy atom. The Balaban J connectivity index is 3.18. The van der Waals surface area contributed by atoms with Crippen molar-refractivity contribution in [2.75, 3.05) is 7.11 Å². The number of ketones is 1. The Morgan fingerprint density at radius 1 is 1.04 bits per heavy atom. The molecule has 1 aromatic carbocycles. The first-order valence-corrected chi connectivity index (χ1v) is 8.53. The van der Waals surface area contributed by atoms with Crippen molar-refractivity contribution in [2.45, 2.75) is 68.2 Å². The Bertz CT molecular complexity index is 533. The van der Waals surface area contributed by atoms with E-state index in [0.717, 1.165) is 18.6 Å². The summed E-state index contributed by atoms with van der Waals surface area (Å²) in [5.41, 5.74) is 3.55. The molecule has 0 spiro atoms. The third kappa shape index (κ3) is 5.67. The van der Waals surface area contributed by atoms with Crippen molar-refractivity contribution >= 4 is 5.78 Å². The fraction of sp³-hybridized carbons (Fsp3) is 0.667. The number of carbonyl (C=O) groups is 1. The van der Waals surface area contributed by atoms with Crippen molar-refractivity contribution in [3.63, 3.8) is 0 Å². The minimum absolute atomic E-state index is 0.0563. The molecule has 0 aliphatic heterocycles. The van der Waals surface area contributed by atoms with Crippen LogP contribution >= 0.6 is 0 Å². The van der Waals surface area contributed by atoms with Crippen molar-refractivity contribution in [3.8, 4) is 5.75 Å². The lowest BCUT2D eigenvalue weighted by molar-refractivity contribution is -0.131. The van der Waals surface area contributed by atoms with E-state index >= 15 is 0 Å². The van der Waals surface area contributed by atoms with Crippen LogP contribution in [-0.4, -0.2) is 12.9 Å². The van der Waals surface area contributed by atoms with Gasteiger partial charge in [-0.2, -0.15) is 0 Å². The molecule has 0 unspecified atom stereocenters. The van der Waals surface area contributed by atoms with Crippen LogP contribution in [-0.2, 0) is 11.2 Å². The van der Waals surface area contributed by atoms with Crippen LogP contribution in [0.4, 0.5) is 0 Å². The number of hydrogen-bond acceptors (Lipinski definition) is 2. The smallest absolute Gasteiger partial charge is 0.141 e. The minimum Gasteiger partial charge on any atom is -0.497 e. The Morgan fingerprint density at radius 3 is 1.87 bits per heavy atom. The molecule has 0 N–H and O–H groups in total. The Hall–Kier alpha value is -1.31. The Kier molecular flexibility index (Phi) is 6.06. The molecule has 0 saturated heterocycles. The number of methoxy groups -OCH3 is 1. The van der Waals surface area contributed by atoms with Crippen LogP contribution in [0.1, 0.15) is 64.7 Å². The third-order valence-electron chi connectivity index (χ3n) is 4.32. The quantitative estimate of drug-likeness (QED) is 0.714. The summed E-state index contributed by atoms with van der Waals surface area (Å²) in [7, 11) is 1.69. The van der Waals surface area contributed by atoms with Crippen molar-refractivity contribution < 1.29 is 9.53 Å². The summed E-state index contributed by atoms with van der Waals surface area (Å²) in [6.07, 6.45) is 1.73. The average Bonchev–Trinajstić information content (AvgIpc) is 2.37. The molecule has 2 nitrogen and oxygen atoms in total. The standard InChI is InChI=1S/C21H34O2/c1-14-10-17(23-9)11-15(2)18(14)12-16(13-20(3,4)5)19(22)21(6,7)8/h10-11,16H,12-13H2,1-9H3/t16-/m1/s1. The molecule has 1 aromatic rings. The van der Waals surface area contributed by atoms with Crippen molar-refractivity contribution in [1.29, 1.82) is 0 Å². The maximum absolute atomic E-state index is 13.0. The van der Waals surface area contributed by atoms with Crippen LogP contribution in [0.5, 0.6) is 5.75 Å². The van der Waals surface area contributed by atoms with Crippen LogP contribution in [0.3, 0.4) is 0 Å². The molecule has 0 aliphatic carbocycles. The first-order chi connectivity index (χ1) is 10.3. The summed E-state index contributed by atoms with van der Waals surface area (Å²) in [5, 5.41) is 0. The SMILES string of the molecule is COc1cc(C)c(C[C@H](CC(C)(C)C)C(=O)C(C)(C)C)c(C)c1. The number of carbonyl (C=O) groups excluding carboxylic acids is 1. The van der Waals surface area contributed by atoms with Crippen LogP contribution in [0.15, 0.2) is 12.1 Å². The minimum atomic E-state index is -0.301. The van der Waals surface area contributed by atoms with Crippen LogP contribution < -0.4 is 4.74 Å². The van der Waals surface area contributed by atoms with Gasteiger partial charge in [0.05, 0.1) is 7.11 Å². The first-order valence-electron chi connectivity index (χ1n) is 8.53. The molecule has 2 heteroatoms. The van der Waals surface area contributed by atoms with Gasteiger partial charge in [0.2, 0.25) is 0 Å². The van der Waals surface area contributed by atoms with Crippen LogP contribution in [0.2, 0.25) is 0 Å². The third-order valence-corrected chi connectivity index (χ3v) is 4.32. The topological polar surface area (TPSA) is 26.3 Å². The van der Waals surface area contributed by atoms with E-state index in [0.29, 0.717) is 5.78 Å². The summed E-state index contributed by atoms with van der Waals surface area (Å²) in [6, 6.07) is 4.14. The zero-order valence-electron chi connectivity index (χ0n) is 16.5. The molecule has 1 rings (SSSR count). The maximum Gasteiger partial charge on any atom is 0.141 e. The van der Waals surface area contributed by atoms with Crippen molar-refractivity contribution in [2.24, 2.45) is 16.7 Å². The van der Waals surface area contributed by atoms with Gasteiger partial charge in [-0.25, -0.2) is 0 Å². The van der Waals surface area contributed by atoms with E-state index in [2.05, 4.69) is 46.8 Å². The normalized spacial score (nSPS) is 13.8. The van der Waals surface area contributed by atoms with Gasteiger partial charge in [-0.1, -0.05) is 41.5 Å². The fourth-order valence-corrected chi connectivity index (χ4v) is 3.25. The molecule has 0 aromatic heterocycles. The lowest BCUT2D eigenvalue weighted by atomic mass is 9.73. The maximum atomic E-state index is 13.0. The summed E-state index contributed by atoms with van der Waals surface area (Å²) >= 11 is 0. The van der Waals surface area contributed by atoms with E-state index in [-0.39, 0.29) is 16.7 Å². The number of hydrogen-bond donors (Lipinski definition) is 0. The van der Waals surface area contributed by atoms with Crippen molar-refractivity contribution in [1.82, 2.24) is 0 Å². The van der Waals surface area contributed by atoms with Gasteiger partial charge >= 0.3 is 0 Å². The zero-order valence-corrected chi connectivity index (χ0v) is 16.5. The lowest BCUT2D eigenvalue weighted by Crippen LogP contribution is -2.32. The van der Waals surface area contributed by atoms with E-state index in [1.807, 2.05) is 20.8 Å². The molecule has 0 heterocycles. The van der Waals surface area contributed by atoms with E-state index in [1.165, 1.54) is 16.7 Å². The molecule has 0 fully saturated rings. The molecule has 130 valence electrons. The van der Waals surface area contributed by atoms with Crippen LogP contribution in [0, 0.1) is 30.6 Å². The van der Waals surface area contributed by atoms with E-state index < -0.39 is 0 Å². The number of benzene rings is 1. The van der Waals surface area contributed by atoms with Gasteiger partial charge in [0, 0.05) is 11.3 Å². The van der Waals surface area contributed by atoms with Gasteiger partial charge in [-0.05, 0) is 60.9 Å². The summed E-state index contributed by atoms with van der Waals surface area (Å²) < 4.78 is 5.35. The fourth-order valence-electron chi connectivity index (χ4n) is 3.25. The Labute approximate surface area is 142 Å². The van der Waals surface area contributed by atoms with Crippen LogP contribution in [0.25, 0.3) is 0 Å².